The molecule has 9 heteroatoms. The van der Waals surface area contributed by atoms with E-state index in [4.69, 9.17) is 18.3 Å². The fourth-order valence-electron chi connectivity index (χ4n) is 2.70. The number of aliphatic hydroxyl groups is 2. The SMILES string of the molecule is CC1OC(COP(=O)(Oc2ccccc2)Oc2ccccc2)C(O)C(F)C1O. The molecular formula is C19H22FO7P. The Morgan fingerprint density at radius 2 is 1.46 bits per heavy atom. The van der Waals surface area contributed by atoms with E-state index in [9.17, 15) is 19.2 Å². The first-order chi connectivity index (χ1) is 13.4. The maximum atomic E-state index is 14.0. The van der Waals surface area contributed by atoms with E-state index < -0.39 is 45.0 Å². The van der Waals surface area contributed by atoms with E-state index in [0.717, 1.165) is 0 Å². The van der Waals surface area contributed by atoms with Gasteiger partial charge in [-0.3, -0.25) is 4.52 Å². The first-order valence-corrected chi connectivity index (χ1v) is 10.2. The zero-order valence-corrected chi connectivity index (χ0v) is 16.0. The lowest BCUT2D eigenvalue weighted by atomic mass is 9.97. The van der Waals surface area contributed by atoms with Gasteiger partial charge in [-0.05, 0) is 31.2 Å². The molecule has 1 aliphatic heterocycles. The van der Waals surface area contributed by atoms with Crippen LogP contribution in [0.2, 0.25) is 0 Å². The average molecular weight is 412 g/mol. The summed E-state index contributed by atoms with van der Waals surface area (Å²) in [5.74, 6) is 0.498. The van der Waals surface area contributed by atoms with Crippen molar-refractivity contribution in [1.82, 2.24) is 0 Å². The molecule has 0 radical (unpaired) electrons. The van der Waals surface area contributed by atoms with Gasteiger partial charge in [0.25, 0.3) is 0 Å². The molecule has 1 heterocycles. The van der Waals surface area contributed by atoms with Crippen LogP contribution >= 0.6 is 7.82 Å². The second-order valence-electron chi connectivity index (χ2n) is 6.36. The van der Waals surface area contributed by atoms with Gasteiger partial charge in [0.1, 0.15) is 29.8 Å². The van der Waals surface area contributed by atoms with Crippen LogP contribution in [0.25, 0.3) is 0 Å². The van der Waals surface area contributed by atoms with Crippen molar-refractivity contribution < 1.29 is 37.5 Å². The lowest BCUT2D eigenvalue weighted by Gasteiger charge is -2.38. The summed E-state index contributed by atoms with van der Waals surface area (Å²) in [6.45, 7) is 1.01. The van der Waals surface area contributed by atoms with Crippen LogP contribution in [0.4, 0.5) is 4.39 Å². The third kappa shape index (κ3) is 5.10. The maximum Gasteiger partial charge on any atom is 0.587 e. The van der Waals surface area contributed by atoms with E-state index in [-0.39, 0.29) is 11.5 Å². The number of aliphatic hydroxyl groups excluding tert-OH is 2. The minimum absolute atomic E-state index is 0.249. The molecular weight excluding hydrogens is 390 g/mol. The Hall–Kier alpha value is -1.96. The summed E-state index contributed by atoms with van der Waals surface area (Å²) in [6, 6.07) is 16.6. The molecule has 0 aliphatic carbocycles. The summed E-state index contributed by atoms with van der Waals surface area (Å²) in [4.78, 5) is 0. The smallest absolute Gasteiger partial charge is 0.395 e. The average Bonchev–Trinajstić information content (AvgIpc) is 2.69. The standard InChI is InChI=1S/C19H22FO7P/c1-13-18(21)17(20)19(22)16(25-13)12-24-28(23,26-14-8-4-2-5-9-14)27-15-10-6-3-7-11-15/h2-11,13,16-19,21-22H,12H2,1H3. The topological polar surface area (TPSA) is 94.5 Å². The number of hydrogen-bond donors (Lipinski definition) is 2. The molecule has 1 fully saturated rings. The van der Waals surface area contributed by atoms with Crippen molar-refractivity contribution in [3.63, 3.8) is 0 Å². The normalized spacial score (nSPS) is 27.9. The number of para-hydroxylation sites is 2. The molecule has 2 N–H and O–H groups in total. The van der Waals surface area contributed by atoms with Gasteiger partial charge in [-0.25, -0.2) is 8.96 Å². The van der Waals surface area contributed by atoms with E-state index >= 15 is 0 Å². The molecule has 5 unspecified atom stereocenters. The Bertz CT molecular complexity index is 746. The summed E-state index contributed by atoms with van der Waals surface area (Å²) in [5.41, 5.74) is 0. The first kappa shape index (κ1) is 20.8. The van der Waals surface area contributed by atoms with Crippen LogP contribution in [0.5, 0.6) is 11.5 Å². The Labute approximate surface area is 162 Å². The molecule has 3 rings (SSSR count). The number of benzene rings is 2. The third-order valence-corrected chi connectivity index (χ3v) is 5.56. The Kier molecular flexibility index (Phi) is 6.69. The molecule has 28 heavy (non-hydrogen) atoms. The van der Waals surface area contributed by atoms with Crippen molar-refractivity contribution in [2.45, 2.75) is 37.5 Å². The predicted molar refractivity (Wildman–Crippen MR) is 98.9 cm³/mol. The maximum absolute atomic E-state index is 14.0. The van der Waals surface area contributed by atoms with Gasteiger partial charge in [0.2, 0.25) is 0 Å². The summed E-state index contributed by atoms with van der Waals surface area (Å²) >= 11 is 0. The molecule has 7 nitrogen and oxygen atoms in total. The number of phosphoric ester groups is 1. The first-order valence-electron chi connectivity index (χ1n) is 8.77. The van der Waals surface area contributed by atoms with Gasteiger partial charge in [0, 0.05) is 0 Å². The lowest BCUT2D eigenvalue weighted by Crippen LogP contribution is -2.56. The van der Waals surface area contributed by atoms with E-state index in [1.54, 1.807) is 60.7 Å². The van der Waals surface area contributed by atoms with Crippen LogP contribution in [0.1, 0.15) is 6.92 Å². The highest BCUT2D eigenvalue weighted by Gasteiger charge is 2.44. The number of phosphoric acid groups is 1. The summed E-state index contributed by atoms with van der Waals surface area (Å²) < 4.78 is 48.8. The second kappa shape index (κ2) is 9.03. The highest BCUT2D eigenvalue weighted by Crippen LogP contribution is 2.50. The van der Waals surface area contributed by atoms with Crippen LogP contribution in [0.3, 0.4) is 0 Å². The third-order valence-electron chi connectivity index (χ3n) is 4.22. The molecule has 152 valence electrons. The monoisotopic (exact) mass is 412 g/mol. The summed E-state index contributed by atoms with van der Waals surface area (Å²) in [5, 5.41) is 19.6. The number of hydrogen-bond acceptors (Lipinski definition) is 7. The number of rotatable bonds is 7. The number of ether oxygens (including phenoxy) is 1. The second-order valence-corrected chi connectivity index (χ2v) is 7.87. The van der Waals surface area contributed by atoms with Crippen LogP contribution < -0.4 is 9.05 Å². The lowest BCUT2D eigenvalue weighted by molar-refractivity contribution is -0.205. The van der Waals surface area contributed by atoms with Crippen LogP contribution in [-0.4, -0.2) is 47.4 Å². The molecule has 0 amide bonds. The van der Waals surface area contributed by atoms with E-state index in [1.165, 1.54) is 6.92 Å². The van der Waals surface area contributed by atoms with Crippen LogP contribution in [-0.2, 0) is 13.8 Å². The molecule has 1 aliphatic rings. The predicted octanol–water partition coefficient (Wildman–Crippen LogP) is 3.12. The van der Waals surface area contributed by atoms with Crippen molar-refractivity contribution >= 4 is 7.82 Å². The van der Waals surface area contributed by atoms with Crippen molar-refractivity contribution in [3.05, 3.63) is 60.7 Å². The highest BCUT2D eigenvalue weighted by molar-refractivity contribution is 7.49. The van der Waals surface area contributed by atoms with Gasteiger partial charge in [0.15, 0.2) is 6.17 Å². The van der Waals surface area contributed by atoms with E-state index in [0.29, 0.717) is 0 Å². The van der Waals surface area contributed by atoms with Crippen molar-refractivity contribution in [2.75, 3.05) is 6.61 Å². The van der Waals surface area contributed by atoms with Gasteiger partial charge in [-0.15, -0.1) is 0 Å². The molecule has 0 saturated carbocycles. The van der Waals surface area contributed by atoms with Gasteiger partial charge >= 0.3 is 7.82 Å². The Balaban J connectivity index is 1.74. The minimum Gasteiger partial charge on any atom is -0.395 e. The van der Waals surface area contributed by atoms with Crippen molar-refractivity contribution in [1.29, 1.82) is 0 Å². The fraction of sp³-hybridized carbons (Fsp3) is 0.368. The molecule has 0 bridgehead atoms. The van der Waals surface area contributed by atoms with E-state index in [1.807, 2.05) is 0 Å². The molecule has 2 aromatic rings. The van der Waals surface area contributed by atoms with Gasteiger partial charge in [-0.2, -0.15) is 0 Å². The minimum atomic E-state index is -4.19. The molecule has 0 spiro atoms. The molecule has 1 saturated heterocycles. The zero-order chi connectivity index (χ0) is 20.1. The Morgan fingerprint density at radius 3 is 1.96 bits per heavy atom. The van der Waals surface area contributed by atoms with E-state index in [2.05, 4.69) is 0 Å². The van der Waals surface area contributed by atoms with Gasteiger partial charge in [0.05, 0.1) is 12.7 Å². The molecule has 0 aromatic heterocycles. The molecule has 2 aromatic carbocycles. The largest absolute Gasteiger partial charge is 0.587 e. The van der Waals surface area contributed by atoms with Gasteiger partial charge in [-0.1, -0.05) is 36.4 Å². The van der Waals surface area contributed by atoms with Crippen molar-refractivity contribution in [2.24, 2.45) is 0 Å². The fourth-order valence-corrected chi connectivity index (χ4v) is 3.93. The molecule has 5 atom stereocenters. The van der Waals surface area contributed by atoms with Crippen LogP contribution in [0, 0.1) is 0 Å². The van der Waals surface area contributed by atoms with Gasteiger partial charge < -0.3 is 24.0 Å². The van der Waals surface area contributed by atoms with Crippen LogP contribution in [0.15, 0.2) is 60.7 Å². The zero-order valence-electron chi connectivity index (χ0n) is 15.1. The quantitative estimate of drug-likeness (QED) is 0.675. The summed E-state index contributed by atoms with van der Waals surface area (Å²) in [6.07, 6.45) is -7.04. The number of halogens is 1. The Morgan fingerprint density at radius 1 is 0.964 bits per heavy atom. The van der Waals surface area contributed by atoms with Crippen molar-refractivity contribution in [3.8, 4) is 11.5 Å². The summed E-state index contributed by atoms with van der Waals surface area (Å²) in [7, 11) is -4.19. The number of alkyl halides is 1. The highest BCUT2D eigenvalue weighted by atomic mass is 31.2.